The van der Waals surface area contributed by atoms with E-state index < -0.39 is 0 Å². The molecule has 0 saturated carbocycles. The number of rotatable bonds is 4. The highest BCUT2D eigenvalue weighted by atomic mass is 79.9. The second kappa shape index (κ2) is 6.67. The highest BCUT2D eigenvalue weighted by molar-refractivity contribution is 9.10. The van der Waals surface area contributed by atoms with Crippen molar-refractivity contribution in [3.05, 3.63) is 33.8 Å². The normalized spacial score (nSPS) is 20.9. The first-order chi connectivity index (χ1) is 9.51. The Balaban J connectivity index is 2.02. The van der Waals surface area contributed by atoms with Crippen LogP contribution < -0.4 is 11.3 Å². The lowest BCUT2D eigenvalue weighted by Gasteiger charge is -2.18. The number of amides is 1. The largest absolute Gasteiger partial charge is 0.393 e. The molecule has 0 aromatic heterocycles. The molecule has 110 valence electrons. The van der Waals surface area contributed by atoms with Crippen LogP contribution in [0.1, 0.15) is 29.3 Å². The Kier molecular flexibility index (Phi) is 5.15. The monoisotopic (exact) mass is 341 g/mol. The number of nitrogen functional groups attached to an aromatic ring is 1. The minimum atomic E-state index is -0.299. The van der Waals surface area contributed by atoms with Gasteiger partial charge in [-0.25, -0.2) is 5.84 Å². The number of halogens is 1. The average molecular weight is 342 g/mol. The molecule has 2 atom stereocenters. The average Bonchev–Trinajstić information content (AvgIpc) is 2.89. The van der Waals surface area contributed by atoms with Gasteiger partial charge in [0, 0.05) is 23.1 Å². The zero-order valence-corrected chi connectivity index (χ0v) is 13.1. The number of likely N-dealkylation sites (tertiary alicyclic amines) is 1. The van der Waals surface area contributed by atoms with E-state index in [9.17, 15) is 9.90 Å². The van der Waals surface area contributed by atoms with Crippen LogP contribution in [0.15, 0.2) is 22.7 Å². The van der Waals surface area contributed by atoms with E-state index in [1.165, 1.54) is 0 Å². The molecule has 0 radical (unpaired) electrons. The van der Waals surface area contributed by atoms with Crippen LogP contribution in [0.25, 0.3) is 0 Å². The Bertz CT molecular complexity index is 493. The summed E-state index contributed by atoms with van der Waals surface area (Å²) in [5.41, 5.74) is 3.78. The van der Waals surface area contributed by atoms with Gasteiger partial charge in [0.1, 0.15) is 0 Å². The lowest BCUT2D eigenvalue weighted by atomic mass is 10.0. The minimum Gasteiger partial charge on any atom is -0.393 e. The fourth-order valence-electron chi connectivity index (χ4n) is 2.54. The van der Waals surface area contributed by atoms with Gasteiger partial charge < -0.3 is 5.11 Å². The van der Waals surface area contributed by atoms with E-state index in [0.29, 0.717) is 11.5 Å². The van der Waals surface area contributed by atoms with Gasteiger partial charge in [-0.15, -0.1) is 0 Å². The van der Waals surface area contributed by atoms with E-state index in [4.69, 9.17) is 5.84 Å². The van der Waals surface area contributed by atoms with Crippen molar-refractivity contribution in [3.63, 3.8) is 0 Å². The summed E-state index contributed by atoms with van der Waals surface area (Å²) in [7, 11) is 0. The van der Waals surface area contributed by atoms with E-state index >= 15 is 0 Å². The van der Waals surface area contributed by atoms with Gasteiger partial charge in [-0.1, -0.05) is 22.0 Å². The lowest BCUT2D eigenvalue weighted by molar-refractivity contribution is 0.0953. The van der Waals surface area contributed by atoms with E-state index in [2.05, 4.69) is 26.3 Å². The van der Waals surface area contributed by atoms with Crippen LogP contribution in [0.4, 0.5) is 0 Å². The summed E-state index contributed by atoms with van der Waals surface area (Å²) in [4.78, 5) is 13.8. The maximum absolute atomic E-state index is 11.4. The molecule has 4 N–H and O–H groups in total. The topological polar surface area (TPSA) is 78.6 Å². The quantitative estimate of drug-likeness (QED) is 0.437. The smallest absolute Gasteiger partial charge is 0.265 e. The molecule has 1 fully saturated rings. The Labute approximate surface area is 127 Å². The Morgan fingerprint density at radius 1 is 1.65 bits per heavy atom. The van der Waals surface area contributed by atoms with Crippen molar-refractivity contribution < 1.29 is 9.90 Å². The fraction of sp³-hybridized carbons (Fsp3) is 0.500. The molecule has 2 unspecified atom stereocenters. The summed E-state index contributed by atoms with van der Waals surface area (Å²) in [5.74, 6) is 5.18. The summed E-state index contributed by atoms with van der Waals surface area (Å²) < 4.78 is 0.902. The second-order valence-corrected chi connectivity index (χ2v) is 6.16. The molecule has 1 aliphatic heterocycles. The zero-order valence-electron chi connectivity index (χ0n) is 11.5. The van der Waals surface area contributed by atoms with E-state index in [-0.39, 0.29) is 12.0 Å². The summed E-state index contributed by atoms with van der Waals surface area (Å²) >= 11 is 3.50. The number of benzene rings is 1. The highest BCUT2D eigenvalue weighted by Gasteiger charge is 2.26. The van der Waals surface area contributed by atoms with Crippen molar-refractivity contribution in [2.45, 2.75) is 26.0 Å². The zero-order chi connectivity index (χ0) is 14.7. The lowest BCUT2D eigenvalue weighted by Crippen LogP contribution is -2.30. The summed E-state index contributed by atoms with van der Waals surface area (Å²) in [5, 5.41) is 9.62. The fourth-order valence-corrected chi connectivity index (χ4v) is 3.05. The van der Waals surface area contributed by atoms with Crippen molar-refractivity contribution in [1.29, 1.82) is 0 Å². The van der Waals surface area contributed by atoms with Crippen molar-refractivity contribution in [2.24, 2.45) is 11.8 Å². The van der Waals surface area contributed by atoms with Crippen LogP contribution in [-0.4, -0.2) is 35.1 Å². The molecule has 6 heteroatoms. The predicted molar refractivity (Wildman–Crippen MR) is 80.9 cm³/mol. The third-order valence-electron chi connectivity index (χ3n) is 3.83. The van der Waals surface area contributed by atoms with Gasteiger partial charge >= 0.3 is 0 Å². The number of aliphatic hydroxyl groups is 1. The van der Waals surface area contributed by atoms with Gasteiger partial charge in [-0.3, -0.25) is 15.1 Å². The van der Waals surface area contributed by atoms with Crippen molar-refractivity contribution in [2.75, 3.05) is 13.1 Å². The van der Waals surface area contributed by atoms with Gasteiger partial charge in [-0.2, -0.15) is 0 Å². The summed E-state index contributed by atoms with van der Waals surface area (Å²) in [6, 6.07) is 5.48. The number of hydrogen-bond acceptors (Lipinski definition) is 4. The van der Waals surface area contributed by atoms with Crippen molar-refractivity contribution in [3.8, 4) is 0 Å². The van der Waals surface area contributed by atoms with Gasteiger partial charge in [0.2, 0.25) is 0 Å². The number of nitrogens with zero attached hydrogens (tertiary/aromatic N) is 1. The minimum absolute atomic E-state index is 0.251. The van der Waals surface area contributed by atoms with Gasteiger partial charge in [0.15, 0.2) is 0 Å². The van der Waals surface area contributed by atoms with Crippen molar-refractivity contribution >= 4 is 21.8 Å². The first-order valence-electron chi connectivity index (χ1n) is 6.71. The first kappa shape index (κ1) is 15.4. The van der Waals surface area contributed by atoms with Gasteiger partial charge in [0.25, 0.3) is 5.91 Å². The molecule has 1 aromatic rings. The maximum atomic E-state index is 11.4. The molecular formula is C14H20BrN3O2. The molecule has 1 aliphatic rings. The van der Waals surface area contributed by atoms with Gasteiger partial charge in [0.05, 0.1) is 6.10 Å². The molecule has 2 rings (SSSR count). The summed E-state index contributed by atoms with van der Waals surface area (Å²) in [6.07, 6.45) is 0.780. The van der Waals surface area contributed by atoms with Crippen molar-refractivity contribution in [1.82, 2.24) is 10.3 Å². The molecule has 0 bridgehead atoms. The van der Waals surface area contributed by atoms with Gasteiger partial charge in [-0.05, 0) is 43.5 Å². The molecule has 20 heavy (non-hydrogen) atoms. The van der Waals surface area contributed by atoms with Crippen LogP contribution in [0, 0.1) is 5.92 Å². The van der Waals surface area contributed by atoms with E-state index in [1.807, 2.05) is 13.0 Å². The summed E-state index contributed by atoms with van der Waals surface area (Å²) in [6.45, 7) is 4.57. The Morgan fingerprint density at radius 2 is 2.40 bits per heavy atom. The number of nitrogens with one attached hydrogen (secondary N) is 1. The number of carbonyl (C=O) groups is 1. The Hall–Kier alpha value is -0.950. The number of hydrazine groups is 1. The maximum Gasteiger partial charge on any atom is 0.265 e. The number of aliphatic hydroxyl groups excluding tert-OH is 1. The molecular weight excluding hydrogens is 322 g/mol. The molecule has 1 amide bonds. The molecule has 0 aliphatic carbocycles. The number of nitrogens with two attached hydrogens (primary N) is 1. The van der Waals surface area contributed by atoms with Crippen LogP contribution in [0.5, 0.6) is 0 Å². The molecule has 5 nitrogen and oxygen atoms in total. The van der Waals surface area contributed by atoms with Crippen LogP contribution in [0.2, 0.25) is 0 Å². The third-order valence-corrected chi connectivity index (χ3v) is 4.57. The van der Waals surface area contributed by atoms with Crippen LogP contribution in [-0.2, 0) is 6.54 Å². The van der Waals surface area contributed by atoms with Crippen LogP contribution >= 0.6 is 15.9 Å². The van der Waals surface area contributed by atoms with Crippen LogP contribution in [0.3, 0.4) is 0 Å². The standard InChI is InChI=1S/C14H20BrN3O2/c1-9(19)11-4-5-18(7-11)8-12-3-2-10(6-13(12)15)14(20)17-16/h2-3,6,9,11,19H,4-5,7-8,16H2,1H3,(H,17,20). The SMILES string of the molecule is CC(O)C1CCN(Cc2ccc(C(=O)NN)cc2Br)C1. The number of hydrogen-bond donors (Lipinski definition) is 3. The van der Waals surface area contributed by atoms with E-state index in [0.717, 1.165) is 36.1 Å². The molecule has 1 heterocycles. The first-order valence-corrected chi connectivity index (χ1v) is 7.50. The molecule has 1 aromatic carbocycles. The molecule has 0 spiro atoms. The van der Waals surface area contributed by atoms with E-state index in [1.54, 1.807) is 12.1 Å². The predicted octanol–water partition coefficient (Wildman–Crippen LogP) is 1.26. The number of carbonyl (C=O) groups excluding carboxylic acids is 1. The Morgan fingerprint density at radius 3 is 2.95 bits per heavy atom. The third kappa shape index (κ3) is 3.58. The molecule has 1 saturated heterocycles. The second-order valence-electron chi connectivity index (χ2n) is 5.30. The highest BCUT2D eigenvalue weighted by Crippen LogP contribution is 2.25.